The largest absolute Gasteiger partial charge is 0.416 e. The Kier molecular flexibility index (Phi) is 6.74. The summed E-state index contributed by atoms with van der Waals surface area (Å²) in [7, 11) is -2.08. The van der Waals surface area contributed by atoms with Gasteiger partial charge in [0, 0.05) is 37.8 Å². The van der Waals surface area contributed by atoms with Crippen molar-refractivity contribution in [3.8, 4) is 0 Å². The molecule has 36 heavy (non-hydrogen) atoms. The molecule has 2 aliphatic heterocycles. The third kappa shape index (κ3) is 5.47. The van der Waals surface area contributed by atoms with E-state index >= 15 is 0 Å². The van der Waals surface area contributed by atoms with Crippen LogP contribution in [0.5, 0.6) is 0 Å². The zero-order valence-corrected chi connectivity index (χ0v) is 20.5. The van der Waals surface area contributed by atoms with E-state index in [0.717, 1.165) is 17.4 Å². The summed E-state index contributed by atoms with van der Waals surface area (Å²) >= 11 is 0. The number of hydroxylamine groups is 2. The van der Waals surface area contributed by atoms with Gasteiger partial charge in [-0.25, -0.2) is 23.0 Å². The minimum atomic E-state index is -4.55. The third-order valence-corrected chi connectivity index (χ3v) is 6.62. The van der Waals surface area contributed by atoms with Crippen LogP contribution < -0.4 is 10.0 Å². The first-order valence-electron chi connectivity index (χ1n) is 10.9. The van der Waals surface area contributed by atoms with Gasteiger partial charge in [-0.1, -0.05) is 6.07 Å². The van der Waals surface area contributed by atoms with Crippen molar-refractivity contribution >= 4 is 27.6 Å². The first-order chi connectivity index (χ1) is 16.7. The molecule has 2 aromatic rings. The number of anilines is 1. The molecular weight excluding hydrogens is 505 g/mol. The smallest absolute Gasteiger partial charge is 0.320 e. The number of carbonyl (C=O) groups excluding carboxylic acids is 2. The lowest BCUT2D eigenvalue weighted by molar-refractivity contribution is -0.145. The van der Waals surface area contributed by atoms with Crippen LogP contribution in [-0.2, 0) is 40.5 Å². The van der Waals surface area contributed by atoms with Crippen molar-refractivity contribution in [2.45, 2.75) is 38.7 Å². The maximum atomic E-state index is 13.2. The van der Waals surface area contributed by atoms with E-state index in [-0.39, 0.29) is 43.1 Å². The number of hydrogen-bond donors (Lipinski definition) is 2. The molecule has 2 aliphatic rings. The molecule has 0 saturated carbocycles. The molecule has 2 N–H and O–H groups in total. The summed E-state index contributed by atoms with van der Waals surface area (Å²) in [4.78, 5) is 32.9. The zero-order valence-electron chi connectivity index (χ0n) is 19.7. The van der Waals surface area contributed by atoms with Gasteiger partial charge in [0.25, 0.3) is 5.91 Å². The molecule has 1 unspecified atom stereocenters. The quantitative estimate of drug-likeness (QED) is 0.620. The number of fused-ring (bicyclic) bond motifs is 3. The minimum Gasteiger partial charge on any atom is -0.320 e. The Morgan fingerprint density at radius 2 is 2.03 bits per heavy atom. The summed E-state index contributed by atoms with van der Waals surface area (Å²) in [6.07, 6.45) is -3.92. The van der Waals surface area contributed by atoms with Gasteiger partial charge in [-0.3, -0.25) is 14.3 Å². The molecule has 1 atom stereocenters. The van der Waals surface area contributed by atoms with Gasteiger partial charge in [0.1, 0.15) is 11.8 Å². The average molecular weight is 531 g/mol. The molecule has 11 nitrogen and oxygen atoms in total. The fourth-order valence-electron chi connectivity index (χ4n) is 4.17. The van der Waals surface area contributed by atoms with Gasteiger partial charge in [0.05, 0.1) is 30.6 Å². The maximum Gasteiger partial charge on any atom is 0.416 e. The van der Waals surface area contributed by atoms with Crippen LogP contribution in [0.4, 0.5) is 23.7 Å². The molecule has 4 rings (SSSR count). The molecule has 1 aromatic heterocycles. The first-order valence-corrected chi connectivity index (χ1v) is 12.8. The molecule has 196 valence electrons. The SMILES string of the molecule is Cc1ccc(NC(=O)N2CCc3nn4c(c3C2)C(=O)N(C)OC(CNS(C)(=O)=O)C4)cc1C(F)(F)F. The summed E-state index contributed by atoms with van der Waals surface area (Å²) in [6, 6.07) is 2.95. The number of alkyl halides is 3. The molecule has 0 bridgehead atoms. The Bertz CT molecular complexity index is 1310. The Labute approximate surface area is 205 Å². The number of urea groups is 1. The van der Waals surface area contributed by atoms with E-state index in [1.165, 1.54) is 35.7 Å². The van der Waals surface area contributed by atoms with E-state index in [4.69, 9.17) is 4.84 Å². The minimum absolute atomic E-state index is 0.00276. The van der Waals surface area contributed by atoms with Gasteiger partial charge < -0.3 is 10.2 Å². The van der Waals surface area contributed by atoms with Crippen molar-refractivity contribution < 1.29 is 36.0 Å². The monoisotopic (exact) mass is 530 g/mol. The van der Waals surface area contributed by atoms with Crippen LogP contribution in [-0.4, -0.2) is 72.6 Å². The number of hydrogen-bond acceptors (Lipinski definition) is 6. The Morgan fingerprint density at radius 3 is 2.69 bits per heavy atom. The number of amides is 3. The Morgan fingerprint density at radius 1 is 1.31 bits per heavy atom. The van der Waals surface area contributed by atoms with Crippen LogP contribution in [0.1, 0.15) is 32.9 Å². The number of sulfonamides is 1. The van der Waals surface area contributed by atoms with Gasteiger partial charge in [-0.15, -0.1) is 0 Å². The molecule has 3 amide bonds. The van der Waals surface area contributed by atoms with E-state index in [0.29, 0.717) is 17.7 Å². The predicted molar refractivity (Wildman–Crippen MR) is 121 cm³/mol. The van der Waals surface area contributed by atoms with E-state index in [9.17, 15) is 31.2 Å². The first kappa shape index (κ1) is 25.9. The van der Waals surface area contributed by atoms with E-state index in [1.807, 2.05) is 0 Å². The molecular formula is C21H25F3N6O5S. The van der Waals surface area contributed by atoms with Gasteiger partial charge in [0.15, 0.2) is 0 Å². The highest BCUT2D eigenvalue weighted by atomic mass is 32.2. The standard InChI is InChI=1S/C21H25F3N6O5S/c1-12-4-5-13(8-16(12)21(22,23)24)26-20(32)29-7-6-17-15(11-29)18-19(31)28(2)35-14(10-30(18)27-17)9-25-36(3,33)34/h4-5,8,14,25H,6-7,9-11H2,1-3H3,(H,26,32). The van der Waals surface area contributed by atoms with Crippen molar-refractivity contribution in [1.29, 1.82) is 0 Å². The van der Waals surface area contributed by atoms with Gasteiger partial charge >= 0.3 is 12.2 Å². The second-order valence-electron chi connectivity index (χ2n) is 8.74. The maximum absolute atomic E-state index is 13.2. The molecule has 1 aromatic carbocycles. The van der Waals surface area contributed by atoms with Crippen molar-refractivity contribution in [1.82, 2.24) is 24.5 Å². The van der Waals surface area contributed by atoms with E-state index < -0.39 is 39.8 Å². The number of carbonyl (C=O) groups is 2. The highest BCUT2D eigenvalue weighted by Crippen LogP contribution is 2.34. The average Bonchev–Trinajstić information content (AvgIpc) is 3.08. The van der Waals surface area contributed by atoms with E-state index in [2.05, 4.69) is 15.1 Å². The predicted octanol–water partition coefficient (Wildman–Crippen LogP) is 1.74. The molecule has 0 saturated heterocycles. The van der Waals surface area contributed by atoms with Crippen LogP contribution in [0.2, 0.25) is 0 Å². The summed E-state index contributed by atoms with van der Waals surface area (Å²) in [5, 5.41) is 7.98. The zero-order chi connectivity index (χ0) is 26.4. The van der Waals surface area contributed by atoms with Crippen molar-refractivity contribution in [3.05, 3.63) is 46.3 Å². The summed E-state index contributed by atoms with van der Waals surface area (Å²) < 4.78 is 66.4. The van der Waals surface area contributed by atoms with Crippen molar-refractivity contribution in [2.75, 3.05) is 31.7 Å². The second kappa shape index (κ2) is 9.37. The van der Waals surface area contributed by atoms with Crippen LogP contribution in [0.25, 0.3) is 0 Å². The van der Waals surface area contributed by atoms with Crippen molar-refractivity contribution in [3.63, 3.8) is 0 Å². The lowest BCUT2D eigenvalue weighted by atomic mass is 10.0. The molecule has 0 aliphatic carbocycles. The topological polar surface area (TPSA) is 126 Å². The number of nitrogens with zero attached hydrogens (tertiary/aromatic N) is 4. The molecule has 15 heteroatoms. The second-order valence-corrected chi connectivity index (χ2v) is 10.6. The van der Waals surface area contributed by atoms with Gasteiger partial charge in [0.2, 0.25) is 10.0 Å². The van der Waals surface area contributed by atoms with Crippen LogP contribution >= 0.6 is 0 Å². The normalized spacial score (nSPS) is 18.5. The lowest BCUT2D eigenvalue weighted by Gasteiger charge is -2.27. The Balaban J connectivity index is 1.53. The summed E-state index contributed by atoms with van der Waals surface area (Å²) in [5.74, 6) is -0.513. The highest BCUT2D eigenvalue weighted by molar-refractivity contribution is 7.88. The van der Waals surface area contributed by atoms with Gasteiger partial charge in [-0.2, -0.15) is 18.3 Å². The number of rotatable bonds is 4. The van der Waals surface area contributed by atoms with Crippen LogP contribution in [0.3, 0.4) is 0 Å². The highest BCUT2D eigenvalue weighted by Gasteiger charge is 2.36. The summed E-state index contributed by atoms with van der Waals surface area (Å²) in [5.41, 5.74) is 0.539. The number of aryl methyl sites for hydroxylation is 1. The third-order valence-electron chi connectivity index (χ3n) is 5.93. The fraction of sp³-hybridized carbons (Fsp3) is 0.476. The Hall–Kier alpha value is -3.17. The lowest BCUT2D eigenvalue weighted by Crippen LogP contribution is -2.40. The molecule has 0 spiro atoms. The number of aromatic nitrogens is 2. The van der Waals surface area contributed by atoms with Gasteiger partial charge in [-0.05, 0) is 24.6 Å². The number of nitrogens with one attached hydrogen (secondary N) is 2. The number of benzene rings is 1. The molecule has 0 radical (unpaired) electrons. The van der Waals surface area contributed by atoms with E-state index in [1.54, 1.807) is 0 Å². The fourth-order valence-corrected chi connectivity index (χ4v) is 4.66. The van der Waals surface area contributed by atoms with Crippen LogP contribution in [0, 0.1) is 6.92 Å². The molecule has 3 heterocycles. The van der Waals surface area contributed by atoms with Crippen molar-refractivity contribution in [2.24, 2.45) is 0 Å². The molecule has 0 fully saturated rings. The summed E-state index contributed by atoms with van der Waals surface area (Å²) in [6.45, 7) is 1.61. The van der Waals surface area contributed by atoms with Crippen LogP contribution in [0.15, 0.2) is 18.2 Å². The number of halogens is 3.